The number of hydrogen-bond acceptors (Lipinski definition) is 8. The van der Waals surface area contributed by atoms with Crippen molar-refractivity contribution in [3.63, 3.8) is 0 Å². The van der Waals surface area contributed by atoms with Crippen molar-refractivity contribution in [3.8, 4) is 0 Å². The molecule has 5 rings (SSSR count). The molecule has 2 aliphatic heterocycles. The van der Waals surface area contributed by atoms with Crippen molar-refractivity contribution >= 4 is 41.3 Å². The summed E-state index contributed by atoms with van der Waals surface area (Å²) < 4.78 is 79.0. The Morgan fingerprint density at radius 1 is 1.13 bits per heavy atom. The summed E-state index contributed by atoms with van der Waals surface area (Å²) in [6.07, 6.45) is -3.80. The lowest BCUT2D eigenvalue weighted by Crippen LogP contribution is -2.50. The molecule has 0 radical (unpaired) electrons. The molecule has 0 spiro atoms. The van der Waals surface area contributed by atoms with Gasteiger partial charge in [-0.15, -0.1) is 11.8 Å². The molecule has 0 saturated carbocycles. The molecular formula is C30H28ClF5N4O4S. The number of nitrogens with zero attached hydrogens (tertiary/aromatic N) is 2. The lowest BCUT2D eigenvalue weighted by molar-refractivity contribution is -0.180. The third kappa shape index (κ3) is 7.76. The highest BCUT2D eigenvalue weighted by Gasteiger charge is 2.42. The number of alkyl halides is 3. The van der Waals surface area contributed by atoms with Crippen LogP contribution >= 0.6 is 23.4 Å². The Balaban J connectivity index is 1.18. The van der Waals surface area contributed by atoms with Gasteiger partial charge in [0.2, 0.25) is 0 Å². The van der Waals surface area contributed by atoms with Gasteiger partial charge in [0.1, 0.15) is 30.2 Å². The maximum absolute atomic E-state index is 14.9. The number of β-amino-alcohol motifs (C(OH)–C–C–N with tert-alkyl or cyclic N) is 1. The van der Waals surface area contributed by atoms with Gasteiger partial charge in [0.25, 0.3) is 5.91 Å². The zero-order valence-corrected chi connectivity index (χ0v) is 25.2. The molecule has 45 heavy (non-hydrogen) atoms. The first-order valence-corrected chi connectivity index (χ1v) is 15.0. The normalized spacial score (nSPS) is 20.6. The van der Waals surface area contributed by atoms with Gasteiger partial charge in [-0.05, 0) is 36.4 Å². The molecule has 1 saturated heterocycles. The molecule has 15 heteroatoms. The number of benzene rings is 3. The average molecular weight is 671 g/mol. The number of hydrazine groups is 1. The van der Waals surface area contributed by atoms with Crippen LogP contribution in [0.5, 0.6) is 0 Å². The molecule has 2 atom stereocenters. The third-order valence-corrected chi connectivity index (χ3v) is 9.09. The van der Waals surface area contributed by atoms with Crippen LogP contribution in [-0.2, 0) is 21.3 Å². The second kappa shape index (κ2) is 13.6. The number of nitrogens with one attached hydrogen (secondary N) is 2. The zero-order valence-electron chi connectivity index (χ0n) is 23.7. The second-order valence-corrected chi connectivity index (χ2v) is 12.5. The zero-order chi connectivity index (χ0) is 32.4. The summed E-state index contributed by atoms with van der Waals surface area (Å²) in [6.45, 7) is 2.48. The van der Waals surface area contributed by atoms with Crippen LogP contribution in [0.2, 0.25) is 5.02 Å². The van der Waals surface area contributed by atoms with Crippen molar-refractivity contribution in [3.05, 3.63) is 99.6 Å². The van der Waals surface area contributed by atoms with Gasteiger partial charge >= 0.3 is 6.18 Å². The van der Waals surface area contributed by atoms with Crippen LogP contribution in [0.3, 0.4) is 0 Å². The Morgan fingerprint density at radius 2 is 1.84 bits per heavy atom. The molecule has 8 nitrogen and oxygen atoms in total. The van der Waals surface area contributed by atoms with Crippen LogP contribution in [-0.4, -0.2) is 59.3 Å². The summed E-state index contributed by atoms with van der Waals surface area (Å²) in [5, 5.41) is 14.8. The summed E-state index contributed by atoms with van der Waals surface area (Å²) in [5.74, 6) is -2.19. The van der Waals surface area contributed by atoms with Crippen molar-refractivity contribution in [2.75, 3.05) is 31.7 Å². The summed E-state index contributed by atoms with van der Waals surface area (Å²) in [6, 6.07) is 12.0. The predicted octanol–water partition coefficient (Wildman–Crippen LogP) is 6.12. The number of ether oxygens (including phenoxy) is 2. The van der Waals surface area contributed by atoms with E-state index >= 15 is 0 Å². The lowest BCUT2D eigenvalue weighted by atomic mass is 9.89. The monoisotopic (exact) mass is 670 g/mol. The van der Waals surface area contributed by atoms with Gasteiger partial charge in [-0.3, -0.25) is 14.8 Å². The number of rotatable bonds is 9. The molecule has 2 heterocycles. The Hall–Kier alpha value is -3.27. The van der Waals surface area contributed by atoms with Crippen LogP contribution in [0.15, 0.2) is 65.7 Å². The average Bonchev–Trinajstić information content (AvgIpc) is 3.51. The Kier molecular flexibility index (Phi) is 10.0. The minimum absolute atomic E-state index is 0.0364. The molecule has 0 bridgehead atoms. The molecule has 1 amide bonds. The van der Waals surface area contributed by atoms with E-state index in [1.165, 1.54) is 36.3 Å². The fourth-order valence-electron chi connectivity index (χ4n) is 4.88. The van der Waals surface area contributed by atoms with Crippen molar-refractivity contribution < 1.29 is 41.3 Å². The van der Waals surface area contributed by atoms with E-state index in [0.29, 0.717) is 12.2 Å². The molecule has 3 N–H and O–H groups in total. The fourth-order valence-corrected chi connectivity index (χ4v) is 6.42. The molecule has 3 aromatic rings. The van der Waals surface area contributed by atoms with E-state index in [4.69, 9.17) is 21.1 Å². The maximum atomic E-state index is 14.9. The van der Waals surface area contributed by atoms with Crippen molar-refractivity contribution in [1.29, 1.82) is 0 Å². The Labute approximate surface area is 264 Å². The van der Waals surface area contributed by atoms with Crippen molar-refractivity contribution in [2.24, 2.45) is 4.99 Å². The highest BCUT2D eigenvalue weighted by atomic mass is 35.5. The summed E-state index contributed by atoms with van der Waals surface area (Å²) >= 11 is 7.28. The first-order valence-electron chi connectivity index (χ1n) is 13.7. The molecule has 0 aliphatic carbocycles. The SMILES string of the molecule is CC(SC1COC(c2ccc(C(=O)Nc3ccc(C(F)(F)F)cc3Cl)cc2)OC1)C(O)(CN1C=NCN1)c1ccc(F)cc1F. The predicted molar refractivity (Wildman–Crippen MR) is 160 cm³/mol. The van der Waals surface area contributed by atoms with Gasteiger partial charge in [-0.25, -0.2) is 14.2 Å². The number of carbonyl (C=O) groups is 1. The topological polar surface area (TPSA) is 95.4 Å². The number of amides is 1. The number of halogens is 6. The van der Waals surface area contributed by atoms with Crippen molar-refractivity contribution in [1.82, 2.24) is 10.4 Å². The van der Waals surface area contributed by atoms with Crippen LogP contribution in [0, 0.1) is 11.6 Å². The standard InChI is InChI=1S/C30H28ClF5N4O4S/c1-17(29(42,14-40-16-37-15-38-40)23-8-7-21(32)11-25(23)33)45-22-12-43-28(44-13-22)19-4-2-18(3-5-19)27(41)39-26-9-6-20(10-24(26)31)30(34,35)36/h2-11,16-17,22,28,38,42H,12-15H2,1H3,(H,39,41). The van der Waals surface area contributed by atoms with Crippen LogP contribution in [0.25, 0.3) is 0 Å². The maximum Gasteiger partial charge on any atom is 0.416 e. The second-order valence-electron chi connectivity index (χ2n) is 10.5. The Morgan fingerprint density at radius 3 is 2.44 bits per heavy atom. The molecular weight excluding hydrogens is 643 g/mol. The van der Waals surface area contributed by atoms with Crippen LogP contribution in [0.4, 0.5) is 27.6 Å². The highest BCUT2D eigenvalue weighted by molar-refractivity contribution is 8.00. The summed E-state index contributed by atoms with van der Waals surface area (Å²) in [4.78, 5) is 16.7. The lowest BCUT2D eigenvalue weighted by Gasteiger charge is -2.39. The van der Waals surface area contributed by atoms with E-state index in [1.54, 1.807) is 24.1 Å². The van der Waals surface area contributed by atoms with E-state index in [-0.39, 0.29) is 46.8 Å². The number of aliphatic hydroxyl groups is 1. The summed E-state index contributed by atoms with van der Waals surface area (Å²) in [7, 11) is 0. The third-order valence-electron chi connectivity index (χ3n) is 7.32. The minimum atomic E-state index is -4.56. The van der Waals surface area contributed by atoms with E-state index in [1.807, 2.05) is 0 Å². The first kappa shape index (κ1) is 33.1. The van der Waals surface area contributed by atoms with Gasteiger partial charge < -0.3 is 19.9 Å². The quantitative estimate of drug-likeness (QED) is 0.236. The number of aliphatic imine (C=N–C) groups is 1. The van der Waals surface area contributed by atoms with E-state index in [9.17, 15) is 31.9 Å². The largest absolute Gasteiger partial charge is 0.416 e. The highest BCUT2D eigenvalue weighted by Crippen LogP contribution is 2.39. The molecule has 240 valence electrons. The van der Waals surface area contributed by atoms with Gasteiger partial charge in [-0.1, -0.05) is 36.7 Å². The van der Waals surface area contributed by atoms with E-state index < -0.39 is 46.4 Å². The molecule has 2 aliphatic rings. The van der Waals surface area contributed by atoms with Crippen LogP contribution in [0.1, 0.15) is 40.3 Å². The molecule has 3 aromatic carbocycles. The van der Waals surface area contributed by atoms with Gasteiger partial charge in [0.05, 0.1) is 41.3 Å². The molecule has 0 aromatic heterocycles. The van der Waals surface area contributed by atoms with Gasteiger partial charge in [0, 0.05) is 28.0 Å². The van der Waals surface area contributed by atoms with E-state index in [0.717, 1.165) is 30.3 Å². The number of anilines is 1. The molecule has 2 unspecified atom stereocenters. The fraction of sp³-hybridized carbons (Fsp3) is 0.333. The molecule has 1 fully saturated rings. The smallest absolute Gasteiger partial charge is 0.382 e. The number of carbonyl (C=O) groups excluding carboxylic acids is 1. The van der Waals surface area contributed by atoms with Gasteiger partial charge in [0.15, 0.2) is 6.29 Å². The van der Waals surface area contributed by atoms with Crippen molar-refractivity contribution in [2.45, 2.75) is 35.5 Å². The first-order chi connectivity index (χ1) is 21.3. The number of thioether (sulfide) groups is 1. The van der Waals surface area contributed by atoms with Gasteiger partial charge in [-0.2, -0.15) is 13.2 Å². The van der Waals surface area contributed by atoms with Crippen LogP contribution < -0.4 is 10.7 Å². The minimum Gasteiger partial charge on any atom is -0.382 e. The Bertz CT molecular complexity index is 1560. The summed E-state index contributed by atoms with van der Waals surface area (Å²) in [5.41, 5.74) is 1.14. The van der Waals surface area contributed by atoms with E-state index in [2.05, 4.69) is 15.7 Å². The number of hydrogen-bond donors (Lipinski definition) is 3.